The van der Waals surface area contributed by atoms with Gasteiger partial charge in [0.2, 0.25) is 0 Å². The van der Waals surface area contributed by atoms with E-state index in [-0.39, 0.29) is 0 Å². The minimum atomic E-state index is -0.626. The Hall–Kier alpha value is -6.58. The molecule has 7 aromatic carbocycles. The van der Waals surface area contributed by atoms with Crippen molar-refractivity contribution in [1.82, 2.24) is 14.5 Å². The molecule has 0 bridgehead atoms. The van der Waals surface area contributed by atoms with Crippen LogP contribution in [-0.4, -0.2) is 14.5 Å². The Morgan fingerprint density at radius 3 is 1.56 bits per heavy atom. The molecule has 0 saturated heterocycles. The lowest BCUT2D eigenvalue weighted by Gasteiger charge is -2.33. The number of benzene rings is 7. The molecule has 0 saturated carbocycles. The summed E-state index contributed by atoms with van der Waals surface area (Å²) in [5, 5.41) is 2.50. The van der Waals surface area contributed by atoms with Gasteiger partial charge in [-0.1, -0.05) is 152 Å². The Morgan fingerprint density at radius 1 is 0.420 bits per heavy atom. The summed E-state index contributed by atoms with van der Waals surface area (Å²) in [5.74, 6) is 0.709. The fraction of sp³-hybridized carbons (Fsp3) is 0.0213. The minimum Gasteiger partial charge on any atom is -0.309 e. The van der Waals surface area contributed by atoms with Crippen LogP contribution in [0.4, 0.5) is 0 Å². The van der Waals surface area contributed by atoms with Crippen LogP contribution in [0.3, 0.4) is 0 Å². The average Bonchev–Trinajstić information content (AvgIpc) is 3.70. The van der Waals surface area contributed by atoms with Crippen molar-refractivity contribution >= 4 is 21.8 Å². The van der Waals surface area contributed by atoms with Gasteiger partial charge in [0, 0.05) is 33.2 Å². The van der Waals surface area contributed by atoms with Gasteiger partial charge in [-0.3, -0.25) is 0 Å². The van der Waals surface area contributed by atoms with Crippen molar-refractivity contribution in [3.63, 3.8) is 0 Å². The molecule has 2 aromatic heterocycles. The van der Waals surface area contributed by atoms with E-state index in [1.54, 1.807) is 0 Å². The molecule has 0 aliphatic heterocycles. The van der Waals surface area contributed by atoms with Crippen LogP contribution in [0, 0.1) is 0 Å². The van der Waals surface area contributed by atoms with Gasteiger partial charge in [-0.15, -0.1) is 0 Å². The van der Waals surface area contributed by atoms with Crippen molar-refractivity contribution in [3.8, 4) is 39.5 Å². The zero-order valence-electron chi connectivity index (χ0n) is 27.2. The molecule has 0 fully saturated rings. The van der Waals surface area contributed by atoms with E-state index in [1.807, 2.05) is 0 Å². The van der Waals surface area contributed by atoms with Gasteiger partial charge < -0.3 is 4.57 Å². The Kier molecular flexibility index (Phi) is 6.40. The zero-order valence-corrected chi connectivity index (χ0v) is 27.2. The summed E-state index contributed by atoms with van der Waals surface area (Å²) in [4.78, 5) is 11.0. The van der Waals surface area contributed by atoms with Crippen LogP contribution in [-0.2, 0) is 5.41 Å². The highest BCUT2D eigenvalue weighted by atomic mass is 15.0. The first-order chi connectivity index (χ1) is 24.8. The summed E-state index contributed by atoms with van der Waals surface area (Å²) >= 11 is 0. The molecule has 3 heteroatoms. The van der Waals surface area contributed by atoms with Crippen LogP contribution in [0.2, 0.25) is 0 Å². The van der Waals surface area contributed by atoms with Crippen LogP contribution in [0.1, 0.15) is 22.4 Å². The minimum absolute atomic E-state index is 0.626. The highest BCUT2D eigenvalue weighted by Crippen LogP contribution is 2.57. The fourth-order valence-electron chi connectivity index (χ4n) is 8.16. The number of para-hydroxylation sites is 2. The molecule has 0 unspecified atom stereocenters. The molecule has 234 valence electrons. The molecule has 0 radical (unpaired) electrons. The SMILES string of the molecule is c1ccc(-c2nc(-c3ccc(-n4c5ccccc5c5ccccc54)cc3)nc3c2-c2ccccc2C3(c2ccccc2)c2ccccc2)cc1. The smallest absolute Gasteiger partial charge is 0.160 e. The summed E-state index contributed by atoms with van der Waals surface area (Å²) in [6.45, 7) is 0. The summed E-state index contributed by atoms with van der Waals surface area (Å²) in [5.41, 5.74) is 12.7. The summed E-state index contributed by atoms with van der Waals surface area (Å²) in [6, 6.07) is 67.0. The maximum Gasteiger partial charge on any atom is 0.160 e. The first kappa shape index (κ1) is 28.4. The van der Waals surface area contributed by atoms with Gasteiger partial charge in [-0.05, 0) is 58.7 Å². The molecule has 0 amide bonds. The Bertz CT molecular complexity index is 2580. The third-order valence-electron chi connectivity index (χ3n) is 10.3. The number of hydrogen-bond donors (Lipinski definition) is 0. The van der Waals surface area contributed by atoms with Gasteiger partial charge in [-0.25, -0.2) is 9.97 Å². The van der Waals surface area contributed by atoms with E-state index in [0.29, 0.717) is 5.82 Å². The third-order valence-corrected chi connectivity index (χ3v) is 10.3. The van der Waals surface area contributed by atoms with Crippen LogP contribution in [0.25, 0.3) is 61.3 Å². The second-order valence-corrected chi connectivity index (χ2v) is 12.9. The number of rotatable bonds is 5. The maximum atomic E-state index is 5.61. The molecule has 1 aliphatic rings. The Balaban J connectivity index is 1.24. The number of fused-ring (bicyclic) bond motifs is 6. The molecule has 3 nitrogen and oxygen atoms in total. The van der Waals surface area contributed by atoms with E-state index < -0.39 is 5.41 Å². The van der Waals surface area contributed by atoms with Crippen molar-refractivity contribution in [2.45, 2.75) is 5.41 Å². The predicted octanol–water partition coefficient (Wildman–Crippen LogP) is 11.3. The van der Waals surface area contributed by atoms with Gasteiger partial charge >= 0.3 is 0 Å². The van der Waals surface area contributed by atoms with Crippen LogP contribution >= 0.6 is 0 Å². The summed E-state index contributed by atoms with van der Waals surface area (Å²) < 4.78 is 2.35. The van der Waals surface area contributed by atoms with E-state index in [1.165, 1.54) is 44.1 Å². The quantitative estimate of drug-likeness (QED) is 0.188. The van der Waals surface area contributed by atoms with Gasteiger partial charge in [0.1, 0.15) is 0 Å². The van der Waals surface area contributed by atoms with Gasteiger partial charge in [0.05, 0.1) is 27.8 Å². The van der Waals surface area contributed by atoms with Crippen molar-refractivity contribution in [3.05, 3.63) is 210 Å². The van der Waals surface area contributed by atoms with Crippen molar-refractivity contribution in [2.24, 2.45) is 0 Å². The van der Waals surface area contributed by atoms with Crippen molar-refractivity contribution in [2.75, 3.05) is 0 Å². The van der Waals surface area contributed by atoms with Crippen LogP contribution < -0.4 is 0 Å². The number of nitrogens with zero attached hydrogens (tertiary/aromatic N) is 3. The highest BCUT2D eigenvalue weighted by molar-refractivity contribution is 6.09. The molecule has 0 N–H and O–H groups in total. The molecule has 9 aromatic rings. The van der Waals surface area contributed by atoms with E-state index in [2.05, 4.69) is 193 Å². The van der Waals surface area contributed by atoms with Crippen LogP contribution in [0.5, 0.6) is 0 Å². The molecular weight excluding hydrogens is 607 g/mol. The highest BCUT2D eigenvalue weighted by Gasteiger charge is 2.49. The molecule has 1 aliphatic carbocycles. The van der Waals surface area contributed by atoms with Crippen LogP contribution in [0.15, 0.2) is 188 Å². The largest absolute Gasteiger partial charge is 0.309 e. The number of aromatic nitrogens is 3. The fourth-order valence-corrected chi connectivity index (χ4v) is 8.16. The molecule has 0 spiro atoms. The Morgan fingerprint density at radius 2 is 0.940 bits per heavy atom. The standard InChI is InChI=1S/C47H31N3/c1-4-16-32(17-5-1)44-43-39-24-10-13-25-40(39)47(34-18-6-2-7-19-34,35-20-8-3-9-21-35)45(43)49-46(48-44)33-28-30-36(31-29-33)50-41-26-14-11-22-37(41)38-23-12-15-27-42(38)50/h1-31H. The van der Waals surface area contributed by atoms with Gasteiger partial charge in [0.15, 0.2) is 5.82 Å². The lowest BCUT2D eigenvalue weighted by Crippen LogP contribution is -2.30. The zero-order chi connectivity index (χ0) is 33.1. The second kappa shape index (κ2) is 11.3. The molecule has 50 heavy (non-hydrogen) atoms. The molecule has 10 rings (SSSR count). The second-order valence-electron chi connectivity index (χ2n) is 12.9. The summed E-state index contributed by atoms with van der Waals surface area (Å²) in [7, 11) is 0. The lowest BCUT2D eigenvalue weighted by molar-refractivity contribution is 0.736. The predicted molar refractivity (Wildman–Crippen MR) is 205 cm³/mol. The van der Waals surface area contributed by atoms with E-state index >= 15 is 0 Å². The first-order valence-corrected chi connectivity index (χ1v) is 17.1. The molecule has 0 atom stereocenters. The Labute approximate surface area is 290 Å². The topological polar surface area (TPSA) is 30.7 Å². The van der Waals surface area contributed by atoms with Gasteiger partial charge in [0.25, 0.3) is 0 Å². The van der Waals surface area contributed by atoms with Gasteiger partial charge in [-0.2, -0.15) is 0 Å². The normalized spacial score (nSPS) is 13.0. The van der Waals surface area contributed by atoms with E-state index in [0.717, 1.165) is 33.8 Å². The average molecular weight is 638 g/mol. The van der Waals surface area contributed by atoms with E-state index in [4.69, 9.17) is 9.97 Å². The van der Waals surface area contributed by atoms with E-state index in [9.17, 15) is 0 Å². The first-order valence-electron chi connectivity index (χ1n) is 17.1. The van der Waals surface area contributed by atoms with Crippen molar-refractivity contribution in [1.29, 1.82) is 0 Å². The molecular formula is C47H31N3. The lowest BCUT2D eigenvalue weighted by atomic mass is 9.69. The molecule has 2 heterocycles. The monoisotopic (exact) mass is 637 g/mol. The third kappa shape index (κ3) is 4.10. The summed E-state index contributed by atoms with van der Waals surface area (Å²) in [6.07, 6.45) is 0. The maximum absolute atomic E-state index is 5.61. The number of hydrogen-bond acceptors (Lipinski definition) is 2. The van der Waals surface area contributed by atoms with Crippen molar-refractivity contribution < 1.29 is 0 Å².